The zero-order chi connectivity index (χ0) is 23.4. The monoisotopic (exact) mass is 433 g/mol. The number of anilines is 1. The van der Waals surface area contributed by atoms with E-state index in [1.54, 1.807) is 52.3 Å². The summed E-state index contributed by atoms with van der Waals surface area (Å²) in [7, 11) is 3.33. The maximum absolute atomic E-state index is 13.8. The first kappa shape index (κ1) is 22.6. The molecule has 1 aromatic heterocycles. The second-order valence-electron chi connectivity index (χ2n) is 7.40. The summed E-state index contributed by atoms with van der Waals surface area (Å²) in [6.07, 6.45) is 6.87. The van der Waals surface area contributed by atoms with Crippen molar-refractivity contribution in [2.45, 2.75) is 20.4 Å². The quantitative estimate of drug-likeness (QED) is 0.579. The molecule has 0 saturated heterocycles. The van der Waals surface area contributed by atoms with E-state index in [0.29, 0.717) is 39.4 Å². The zero-order valence-electron chi connectivity index (χ0n) is 18.4. The first-order valence-electron chi connectivity index (χ1n) is 9.95. The van der Waals surface area contributed by atoms with E-state index >= 15 is 0 Å². The lowest BCUT2D eigenvalue weighted by Crippen LogP contribution is -2.22. The summed E-state index contributed by atoms with van der Waals surface area (Å²) in [4.78, 5) is 24.0. The number of carbonyl (C=O) groups is 1. The lowest BCUT2D eigenvalue weighted by molar-refractivity contribution is -0.115. The second-order valence-corrected chi connectivity index (χ2v) is 7.40. The van der Waals surface area contributed by atoms with E-state index in [-0.39, 0.29) is 17.9 Å². The van der Waals surface area contributed by atoms with Crippen LogP contribution >= 0.6 is 0 Å². The lowest BCUT2D eigenvalue weighted by Gasteiger charge is -2.19. The molecule has 1 heterocycles. The Balaban J connectivity index is 2.21. The van der Waals surface area contributed by atoms with Crippen LogP contribution in [0.15, 0.2) is 47.4 Å². The number of terminal acetylenes is 1. The van der Waals surface area contributed by atoms with Gasteiger partial charge in [-0.25, -0.2) is 4.39 Å². The number of ether oxygens (including phenoxy) is 1. The molecule has 0 atom stereocenters. The van der Waals surface area contributed by atoms with Crippen molar-refractivity contribution >= 4 is 11.6 Å². The van der Waals surface area contributed by atoms with E-state index in [1.165, 1.54) is 16.7 Å². The van der Waals surface area contributed by atoms with Gasteiger partial charge in [0.05, 0.1) is 0 Å². The van der Waals surface area contributed by atoms with Crippen LogP contribution in [0.4, 0.5) is 10.1 Å². The van der Waals surface area contributed by atoms with Gasteiger partial charge in [-0.05, 0) is 60.7 Å². The molecule has 0 aliphatic heterocycles. The number of nitrogens with one attached hydrogen (secondary N) is 2. The molecule has 0 spiro atoms. The van der Waals surface area contributed by atoms with E-state index in [1.807, 2.05) is 12.0 Å². The summed E-state index contributed by atoms with van der Waals surface area (Å²) in [6, 6.07) is 9.96. The molecule has 2 aromatic carbocycles. The van der Waals surface area contributed by atoms with Gasteiger partial charge in [0.1, 0.15) is 23.0 Å². The van der Waals surface area contributed by atoms with Gasteiger partial charge in [0.15, 0.2) is 0 Å². The van der Waals surface area contributed by atoms with Crippen molar-refractivity contribution in [3.05, 3.63) is 75.5 Å². The minimum absolute atomic E-state index is 0.161. The maximum atomic E-state index is 13.8. The van der Waals surface area contributed by atoms with Crippen LogP contribution in [-0.4, -0.2) is 17.5 Å². The van der Waals surface area contributed by atoms with Crippen molar-refractivity contribution in [1.82, 2.24) is 9.88 Å². The average molecular weight is 433 g/mol. The second kappa shape index (κ2) is 9.40. The predicted molar refractivity (Wildman–Crippen MR) is 123 cm³/mol. The van der Waals surface area contributed by atoms with Crippen LogP contribution < -0.4 is 20.9 Å². The Kier molecular flexibility index (Phi) is 6.64. The van der Waals surface area contributed by atoms with Gasteiger partial charge in [-0.2, -0.15) is 0 Å². The molecule has 32 heavy (non-hydrogen) atoms. The summed E-state index contributed by atoms with van der Waals surface area (Å²) in [5.74, 6) is 2.19. The molecule has 0 fully saturated rings. The maximum Gasteiger partial charge on any atom is 0.295 e. The number of aryl methyl sites for hydroxylation is 3. The van der Waals surface area contributed by atoms with Gasteiger partial charge in [-0.1, -0.05) is 12.1 Å². The average Bonchev–Trinajstić information content (AvgIpc) is 2.76. The Labute approximate surface area is 186 Å². The normalized spacial score (nSPS) is 10.4. The molecule has 1 amide bonds. The smallest absolute Gasteiger partial charge is 0.295 e. The van der Waals surface area contributed by atoms with Crippen LogP contribution in [0.3, 0.4) is 0 Å². The summed E-state index contributed by atoms with van der Waals surface area (Å²) >= 11 is 0. The minimum Gasteiger partial charge on any atom is -0.456 e. The molecule has 0 saturated carbocycles. The molecular formula is C25H24FN3O3. The number of rotatable bonds is 6. The van der Waals surface area contributed by atoms with E-state index in [2.05, 4.69) is 10.6 Å². The molecule has 3 rings (SSSR count). The van der Waals surface area contributed by atoms with Crippen molar-refractivity contribution in [3.8, 4) is 35.0 Å². The highest BCUT2D eigenvalue weighted by Crippen LogP contribution is 2.38. The van der Waals surface area contributed by atoms with E-state index < -0.39 is 5.91 Å². The van der Waals surface area contributed by atoms with Crippen LogP contribution in [0.1, 0.15) is 16.7 Å². The third-order valence-electron chi connectivity index (χ3n) is 5.06. The Bertz CT molecular complexity index is 1270. The molecule has 0 radical (unpaired) electrons. The van der Waals surface area contributed by atoms with E-state index in [0.717, 1.165) is 5.56 Å². The van der Waals surface area contributed by atoms with Crippen LogP contribution in [-0.2, 0) is 18.4 Å². The van der Waals surface area contributed by atoms with Gasteiger partial charge in [0.25, 0.3) is 11.5 Å². The van der Waals surface area contributed by atoms with Crippen LogP contribution in [0.25, 0.3) is 11.1 Å². The van der Waals surface area contributed by atoms with Crippen molar-refractivity contribution in [2.24, 2.45) is 7.05 Å². The van der Waals surface area contributed by atoms with Gasteiger partial charge < -0.3 is 19.9 Å². The van der Waals surface area contributed by atoms with E-state index in [9.17, 15) is 14.0 Å². The van der Waals surface area contributed by atoms with Gasteiger partial charge in [-0.3, -0.25) is 9.59 Å². The first-order valence-corrected chi connectivity index (χ1v) is 9.95. The highest BCUT2D eigenvalue weighted by molar-refractivity contribution is 5.93. The van der Waals surface area contributed by atoms with Gasteiger partial charge >= 0.3 is 0 Å². The highest BCUT2D eigenvalue weighted by Gasteiger charge is 2.17. The lowest BCUT2D eigenvalue weighted by atomic mass is 9.99. The molecule has 0 aliphatic carbocycles. The van der Waals surface area contributed by atoms with Crippen molar-refractivity contribution in [2.75, 3.05) is 12.4 Å². The standard InChI is InChI=1S/C25H24FN3O3/c1-6-22(30)28-13-17-8-7-9-21(32-24-15(2)10-19(26)11-16(24)3)23(17)18-12-20(27-4)25(31)29(5)14-18/h1,7-12,14,27H,13H2,2-5H3,(H,28,30). The number of nitrogens with zero attached hydrogens (tertiary/aromatic N) is 1. The first-order chi connectivity index (χ1) is 15.2. The molecular weight excluding hydrogens is 409 g/mol. The molecule has 6 nitrogen and oxygen atoms in total. The Morgan fingerprint density at radius 3 is 2.53 bits per heavy atom. The molecule has 3 aromatic rings. The molecule has 0 unspecified atom stereocenters. The van der Waals surface area contributed by atoms with E-state index in [4.69, 9.17) is 11.2 Å². The van der Waals surface area contributed by atoms with Crippen LogP contribution in [0.2, 0.25) is 0 Å². The third-order valence-corrected chi connectivity index (χ3v) is 5.06. The summed E-state index contributed by atoms with van der Waals surface area (Å²) < 4.78 is 21.5. The van der Waals surface area contributed by atoms with Gasteiger partial charge in [0, 0.05) is 38.0 Å². The zero-order valence-corrected chi connectivity index (χ0v) is 18.4. The fourth-order valence-corrected chi connectivity index (χ4v) is 3.56. The summed E-state index contributed by atoms with van der Waals surface area (Å²) in [6.45, 7) is 3.70. The number of pyridine rings is 1. The minimum atomic E-state index is -0.538. The molecule has 7 heteroatoms. The van der Waals surface area contributed by atoms with Crippen molar-refractivity contribution in [3.63, 3.8) is 0 Å². The molecule has 0 aliphatic rings. The molecule has 164 valence electrons. The van der Waals surface area contributed by atoms with Gasteiger partial charge in [0.2, 0.25) is 0 Å². The third kappa shape index (κ3) is 4.65. The number of halogens is 1. The summed E-state index contributed by atoms with van der Waals surface area (Å²) in [5, 5.41) is 5.58. The number of hydrogen-bond acceptors (Lipinski definition) is 4. The predicted octanol–water partition coefficient (Wildman–Crippen LogP) is 3.89. The molecule has 2 N–H and O–H groups in total. The highest BCUT2D eigenvalue weighted by atomic mass is 19.1. The molecule has 0 bridgehead atoms. The number of hydrogen-bond donors (Lipinski definition) is 2. The fourth-order valence-electron chi connectivity index (χ4n) is 3.56. The number of amides is 1. The summed E-state index contributed by atoms with van der Waals surface area (Å²) in [5.41, 5.74) is 3.65. The van der Waals surface area contributed by atoms with Crippen molar-refractivity contribution < 1.29 is 13.9 Å². The topological polar surface area (TPSA) is 72.4 Å². The SMILES string of the molecule is C#CC(=O)NCc1cccc(Oc2c(C)cc(F)cc2C)c1-c1cc(NC)c(=O)n(C)c1. The van der Waals surface area contributed by atoms with Crippen LogP contribution in [0.5, 0.6) is 11.5 Å². The van der Waals surface area contributed by atoms with Crippen molar-refractivity contribution in [1.29, 1.82) is 0 Å². The Hall–Kier alpha value is -4.05. The Morgan fingerprint density at radius 2 is 1.91 bits per heavy atom. The number of benzene rings is 2. The number of aromatic nitrogens is 1. The Morgan fingerprint density at radius 1 is 1.22 bits per heavy atom. The largest absolute Gasteiger partial charge is 0.456 e. The van der Waals surface area contributed by atoms with Crippen LogP contribution in [0, 0.1) is 32.0 Å². The fraction of sp³-hybridized carbons (Fsp3) is 0.200. The number of carbonyl (C=O) groups excluding carboxylic acids is 1. The van der Waals surface area contributed by atoms with Gasteiger partial charge in [-0.15, -0.1) is 6.42 Å².